The smallest absolute Gasteiger partial charge is 0.305 e. The van der Waals surface area contributed by atoms with E-state index in [0.717, 1.165) is 44.9 Å². The van der Waals surface area contributed by atoms with Gasteiger partial charge in [-0.05, 0) is 83.5 Å². The Morgan fingerprint density at radius 1 is 0.318 bits per heavy atom. The van der Waals surface area contributed by atoms with Crippen LogP contribution in [0.15, 0.2) is 36.5 Å². The molecule has 2 atom stereocenters. The van der Waals surface area contributed by atoms with E-state index < -0.39 is 12.1 Å². The molecule has 0 spiro atoms. The Labute approximate surface area is 532 Å². The second kappa shape index (κ2) is 74.5. The maximum Gasteiger partial charge on any atom is 0.305 e. The van der Waals surface area contributed by atoms with Gasteiger partial charge in [-0.2, -0.15) is 0 Å². The first-order valence-electron chi connectivity index (χ1n) is 38.8. The Morgan fingerprint density at radius 3 is 0.835 bits per heavy atom. The number of aliphatic hydroxyl groups is 2. The first-order chi connectivity index (χ1) is 42.0. The molecule has 0 saturated carbocycles. The highest BCUT2D eigenvalue weighted by molar-refractivity contribution is 5.76. The van der Waals surface area contributed by atoms with Gasteiger partial charge in [-0.3, -0.25) is 9.59 Å². The third kappa shape index (κ3) is 71.0. The molecule has 0 aromatic rings. The first kappa shape index (κ1) is 83.1. The van der Waals surface area contributed by atoms with E-state index in [4.69, 9.17) is 4.74 Å². The number of hydrogen-bond donors (Lipinski definition) is 3. The summed E-state index contributed by atoms with van der Waals surface area (Å²) in [5.74, 6) is -0.0524. The molecule has 6 nitrogen and oxygen atoms in total. The lowest BCUT2D eigenvalue weighted by molar-refractivity contribution is -0.143. The second-order valence-electron chi connectivity index (χ2n) is 26.7. The Balaban J connectivity index is 3.39. The maximum atomic E-state index is 12.5. The predicted octanol–water partition coefficient (Wildman–Crippen LogP) is 25.4. The number of allylic oxidation sites excluding steroid dienone is 5. The summed E-state index contributed by atoms with van der Waals surface area (Å²) in [6, 6.07) is -0.628. The summed E-state index contributed by atoms with van der Waals surface area (Å²) >= 11 is 0. The van der Waals surface area contributed by atoms with Crippen LogP contribution < -0.4 is 5.32 Å². The highest BCUT2D eigenvalue weighted by atomic mass is 16.5. The van der Waals surface area contributed by atoms with Crippen LogP contribution in [0, 0.1) is 0 Å². The van der Waals surface area contributed by atoms with Crippen molar-refractivity contribution < 1.29 is 24.5 Å². The van der Waals surface area contributed by atoms with Crippen molar-refractivity contribution in [2.24, 2.45) is 0 Å². The molecule has 3 N–H and O–H groups in total. The SMILES string of the molecule is CCCCCCCC/C=C\CCCCCCCC(=O)OCCCCCCCCCCCCCC/C=C\CCCCCCCCCCCCCCCCC(=O)NC(CO)C(O)/C=C/CCCCCCCCCCCCCCCCCCCCCCC. The van der Waals surface area contributed by atoms with Crippen LogP contribution in [0.3, 0.4) is 0 Å². The van der Waals surface area contributed by atoms with Gasteiger partial charge in [-0.15, -0.1) is 0 Å². The largest absolute Gasteiger partial charge is 0.466 e. The molecule has 0 bridgehead atoms. The zero-order chi connectivity index (χ0) is 61.3. The summed E-state index contributed by atoms with van der Waals surface area (Å²) in [5.41, 5.74) is 0. The number of rotatable bonds is 73. The van der Waals surface area contributed by atoms with Gasteiger partial charge in [-0.25, -0.2) is 0 Å². The van der Waals surface area contributed by atoms with Gasteiger partial charge < -0.3 is 20.3 Å². The Hall–Kier alpha value is -1.92. The van der Waals surface area contributed by atoms with E-state index in [9.17, 15) is 19.8 Å². The molecule has 0 aromatic carbocycles. The zero-order valence-corrected chi connectivity index (χ0v) is 57.6. The molecule has 0 saturated heterocycles. The van der Waals surface area contributed by atoms with E-state index in [-0.39, 0.29) is 18.5 Å². The van der Waals surface area contributed by atoms with E-state index in [1.54, 1.807) is 6.08 Å². The van der Waals surface area contributed by atoms with Crippen LogP contribution in [0.4, 0.5) is 0 Å². The lowest BCUT2D eigenvalue weighted by atomic mass is 10.0. The maximum absolute atomic E-state index is 12.5. The Morgan fingerprint density at radius 2 is 0.553 bits per heavy atom. The van der Waals surface area contributed by atoms with Crippen LogP contribution in [0.25, 0.3) is 0 Å². The average molecular weight is 1200 g/mol. The summed E-state index contributed by atoms with van der Waals surface area (Å²) in [4.78, 5) is 24.6. The molecular formula is C79H151NO5. The number of aliphatic hydroxyl groups excluding tert-OH is 2. The molecule has 0 aliphatic heterocycles. The summed E-state index contributed by atoms with van der Waals surface area (Å²) in [7, 11) is 0. The minimum Gasteiger partial charge on any atom is -0.466 e. The minimum atomic E-state index is -0.845. The van der Waals surface area contributed by atoms with E-state index in [0.29, 0.717) is 19.4 Å². The molecule has 6 heteroatoms. The molecule has 502 valence electrons. The van der Waals surface area contributed by atoms with Crippen molar-refractivity contribution in [1.82, 2.24) is 5.32 Å². The van der Waals surface area contributed by atoms with Crippen LogP contribution in [0.2, 0.25) is 0 Å². The number of carbonyl (C=O) groups is 2. The molecule has 0 heterocycles. The van der Waals surface area contributed by atoms with Gasteiger partial charge in [0.25, 0.3) is 0 Å². The number of hydrogen-bond acceptors (Lipinski definition) is 5. The molecule has 2 unspecified atom stereocenters. The molecule has 1 amide bonds. The summed E-state index contributed by atoms with van der Waals surface area (Å²) < 4.78 is 5.49. The van der Waals surface area contributed by atoms with Crippen LogP contribution in [-0.4, -0.2) is 47.4 Å². The second-order valence-corrected chi connectivity index (χ2v) is 26.7. The van der Waals surface area contributed by atoms with Crippen LogP contribution >= 0.6 is 0 Å². The molecule has 0 aromatic heterocycles. The molecular weight excluding hydrogens is 1040 g/mol. The number of ether oxygens (including phenoxy) is 1. The van der Waals surface area contributed by atoms with Crippen LogP contribution in [-0.2, 0) is 14.3 Å². The zero-order valence-electron chi connectivity index (χ0n) is 57.6. The van der Waals surface area contributed by atoms with Gasteiger partial charge in [-0.1, -0.05) is 371 Å². The first-order valence-corrected chi connectivity index (χ1v) is 38.8. The van der Waals surface area contributed by atoms with Crippen molar-refractivity contribution in [2.45, 2.75) is 443 Å². The third-order valence-electron chi connectivity index (χ3n) is 18.1. The fourth-order valence-electron chi connectivity index (χ4n) is 12.2. The number of unbranched alkanes of at least 4 members (excludes halogenated alkanes) is 58. The van der Waals surface area contributed by atoms with Gasteiger partial charge in [0.15, 0.2) is 0 Å². The average Bonchev–Trinajstić information content (AvgIpc) is 3.51. The van der Waals surface area contributed by atoms with E-state index in [2.05, 4.69) is 43.5 Å². The minimum absolute atomic E-state index is 0.00956. The molecule has 85 heavy (non-hydrogen) atoms. The predicted molar refractivity (Wildman–Crippen MR) is 375 cm³/mol. The van der Waals surface area contributed by atoms with Gasteiger partial charge in [0.1, 0.15) is 0 Å². The summed E-state index contributed by atoms with van der Waals surface area (Å²) in [6.07, 6.45) is 96.8. The topological polar surface area (TPSA) is 95.9 Å². The fourth-order valence-corrected chi connectivity index (χ4v) is 12.2. The normalized spacial score (nSPS) is 12.7. The molecule has 0 aliphatic rings. The number of amides is 1. The molecule has 0 fully saturated rings. The number of esters is 1. The lowest BCUT2D eigenvalue weighted by Gasteiger charge is -2.20. The van der Waals surface area contributed by atoms with Gasteiger partial charge >= 0.3 is 5.97 Å². The van der Waals surface area contributed by atoms with Crippen molar-refractivity contribution in [2.75, 3.05) is 13.2 Å². The van der Waals surface area contributed by atoms with Gasteiger partial charge in [0.05, 0.1) is 25.4 Å². The van der Waals surface area contributed by atoms with Crippen LogP contribution in [0.1, 0.15) is 431 Å². The van der Waals surface area contributed by atoms with E-state index in [1.165, 1.54) is 360 Å². The number of nitrogens with one attached hydrogen (secondary N) is 1. The standard InChI is InChI=1S/C79H151NO5/c1-3-5-7-9-11-13-15-17-19-20-21-22-31-34-37-40-44-47-51-55-59-63-67-71-77(82)76(75-81)80-78(83)72-68-64-60-56-52-48-45-41-38-35-32-29-27-25-23-24-26-28-30-33-36-39-42-46-50-54-58-62-66-70-74-85-79(84)73-69-65-61-57-53-49-43-18-16-14-12-10-8-6-4-2/h18,24,26,43,67,71,76-77,81-82H,3-17,19-23,25,27-42,44-66,68-70,72-75H2,1-2H3,(H,80,83)/b26-24-,43-18-,71-67+. The quantitative estimate of drug-likeness (QED) is 0.0320. The van der Waals surface area contributed by atoms with Crippen molar-refractivity contribution in [3.63, 3.8) is 0 Å². The van der Waals surface area contributed by atoms with Gasteiger partial charge in [0, 0.05) is 12.8 Å². The molecule has 0 radical (unpaired) electrons. The van der Waals surface area contributed by atoms with Gasteiger partial charge in [0.2, 0.25) is 5.91 Å². The van der Waals surface area contributed by atoms with E-state index in [1.807, 2.05) is 6.08 Å². The van der Waals surface area contributed by atoms with Crippen LogP contribution in [0.5, 0.6) is 0 Å². The monoisotopic (exact) mass is 1190 g/mol. The highest BCUT2D eigenvalue weighted by Crippen LogP contribution is 2.19. The van der Waals surface area contributed by atoms with Crippen molar-refractivity contribution >= 4 is 11.9 Å². The lowest BCUT2D eigenvalue weighted by Crippen LogP contribution is -2.45. The van der Waals surface area contributed by atoms with E-state index >= 15 is 0 Å². The Kier molecular flexibility index (Phi) is 72.9. The van der Waals surface area contributed by atoms with Crippen molar-refractivity contribution in [1.29, 1.82) is 0 Å². The number of carbonyl (C=O) groups excluding carboxylic acids is 2. The molecule has 0 aliphatic carbocycles. The van der Waals surface area contributed by atoms with Crippen molar-refractivity contribution in [3.8, 4) is 0 Å². The summed E-state index contributed by atoms with van der Waals surface area (Å²) in [6.45, 7) is 4.94. The summed E-state index contributed by atoms with van der Waals surface area (Å²) in [5, 5.41) is 23.3. The third-order valence-corrected chi connectivity index (χ3v) is 18.1. The highest BCUT2D eigenvalue weighted by Gasteiger charge is 2.18. The molecule has 0 rings (SSSR count). The fraction of sp³-hybridized carbons (Fsp3) is 0.899. The van der Waals surface area contributed by atoms with Crippen molar-refractivity contribution in [3.05, 3.63) is 36.5 Å². The Bertz CT molecular complexity index is 1380.